The lowest BCUT2D eigenvalue weighted by Crippen LogP contribution is -2.29. The highest BCUT2D eigenvalue weighted by atomic mass is 16.5. The lowest BCUT2D eigenvalue weighted by atomic mass is 9.80. The number of likely N-dealkylation sites (tertiary alicyclic amines) is 1. The normalized spacial score (nSPS) is 27.7. The Morgan fingerprint density at radius 2 is 2.09 bits per heavy atom. The number of allylic oxidation sites excluding steroid dienone is 3. The predicted octanol–water partition coefficient (Wildman–Crippen LogP) is 2.33. The number of carbonyl (C=O) groups is 1. The Kier molecular flexibility index (Phi) is 4.82. The molecule has 1 aromatic carbocycles. The molecule has 4 heteroatoms. The van der Waals surface area contributed by atoms with E-state index in [0.717, 1.165) is 31.8 Å². The Hall–Kier alpha value is -2.07. The molecule has 1 aliphatic heterocycles. The molecular formula is C19H24N2O2. The Balaban J connectivity index is 1.72. The van der Waals surface area contributed by atoms with Gasteiger partial charge in [-0.3, -0.25) is 9.69 Å². The third-order valence-electron chi connectivity index (χ3n) is 4.91. The largest absolute Gasteiger partial charge is 0.469 e. The highest BCUT2D eigenvalue weighted by Gasteiger charge is 2.41. The van der Waals surface area contributed by atoms with Gasteiger partial charge in [-0.2, -0.15) is 0 Å². The van der Waals surface area contributed by atoms with Gasteiger partial charge in [0.1, 0.15) is 0 Å². The van der Waals surface area contributed by atoms with E-state index < -0.39 is 0 Å². The topological polar surface area (TPSA) is 55.6 Å². The van der Waals surface area contributed by atoms with Gasteiger partial charge in [0.25, 0.3) is 0 Å². The van der Waals surface area contributed by atoms with E-state index in [1.807, 2.05) is 12.1 Å². The number of esters is 1. The van der Waals surface area contributed by atoms with E-state index in [1.165, 1.54) is 12.7 Å². The van der Waals surface area contributed by atoms with E-state index in [-0.39, 0.29) is 17.8 Å². The molecule has 2 unspecified atom stereocenters. The molecule has 1 aliphatic carbocycles. The first-order valence-corrected chi connectivity index (χ1v) is 8.15. The van der Waals surface area contributed by atoms with Crippen molar-refractivity contribution < 1.29 is 9.53 Å². The van der Waals surface area contributed by atoms with Crippen LogP contribution < -0.4 is 5.73 Å². The smallest absolute Gasteiger partial charge is 0.310 e. The lowest BCUT2D eigenvalue weighted by molar-refractivity contribution is -0.146. The van der Waals surface area contributed by atoms with Gasteiger partial charge in [0.15, 0.2) is 0 Å². The molecule has 2 N–H and O–H groups in total. The van der Waals surface area contributed by atoms with Crippen LogP contribution in [0.5, 0.6) is 0 Å². The SMILES string of the molecule is COC(=O)C1CN(Cc2ccccc2)C[C@H]1C1C=CC(N)=CC1. The summed E-state index contributed by atoms with van der Waals surface area (Å²) in [5.41, 5.74) is 7.91. The van der Waals surface area contributed by atoms with Crippen molar-refractivity contribution in [3.8, 4) is 0 Å². The molecule has 0 bridgehead atoms. The van der Waals surface area contributed by atoms with E-state index in [1.54, 1.807) is 0 Å². The first-order valence-electron chi connectivity index (χ1n) is 8.15. The summed E-state index contributed by atoms with van der Waals surface area (Å²) in [6.45, 7) is 2.55. The van der Waals surface area contributed by atoms with Gasteiger partial charge in [0, 0.05) is 25.3 Å². The Morgan fingerprint density at radius 1 is 1.30 bits per heavy atom. The van der Waals surface area contributed by atoms with E-state index in [9.17, 15) is 4.79 Å². The van der Waals surface area contributed by atoms with Gasteiger partial charge in [-0.25, -0.2) is 0 Å². The maximum absolute atomic E-state index is 12.2. The number of nitrogens with two attached hydrogens (primary N) is 1. The van der Waals surface area contributed by atoms with Crippen LogP contribution in [0.1, 0.15) is 12.0 Å². The van der Waals surface area contributed by atoms with Gasteiger partial charge in [-0.05, 0) is 29.9 Å². The third-order valence-corrected chi connectivity index (χ3v) is 4.91. The summed E-state index contributed by atoms with van der Waals surface area (Å²) < 4.78 is 5.05. The van der Waals surface area contributed by atoms with Crippen molar-refractivity contribution in [3.05, 3.63) is 59.8 Å². The van der Waals surface area contributed by atoms with Gasteiger partial charge >= 0.3 is 5.97 Å². The fraction of sp³-hybridized carbons (Fsp3) is 0.421. The monoisotopic (exact) mass is 312 g/mol. The standard InChI is InChI=1S/C19H24N2O2/c1-23-19(22)18-13-21(11-14-5-3-2-4-6-14)12-17(18)15-7-9-16(20)10-8-15/h2-7,9-10,15,17-18H,8,11-13,20H2,1H3/t15?,17-,18?/m0/s1. The first kappa shape index (κ1) is 15.8. The summed E-state index contributed by atoms with van der Waals surface area (Å²) in [5, 5.41) is 0. The van der Waals surface area contributed by atoms with E-state index >= 15 is 0 Å². The molecule has 0 amide bonds. The molecule has 2 aliphatic rings. The summed E-state index contributed by atoms with van der Waals surface area (Å²) in [5.74, 6) is 0.478. The zero-order valence-electron chi connectivity index (χ0n) is 13.5. The number of carbonyl (C=O) groups excluding carboxylic acids is 1. The van der Waals surface area contributed by atoms with Crippen molar-refractivity contribution in [1.82, 2.24) is 4.90 Å². The molecule has 1 fully saturated rings. The number of methoxy groups -OCH3 is 1. The number of ether oxygens (including phenoxy) is 1. The molecule has 0 saturated carbocycles. The number of hydrogen-bond donors (Lipinski definition) is 1. The van der Waals surface area contributed by atoms with Crippen LogP contribution >= 0.6 is 0 Å². The number of benzene rings is 1. The Morgan fingerprint density at radius 3 is 2.74 bits per heavy atom. The van der Waals surface area contributed by atoms with Crippen LogP contribution in [-0.2, 0) is 16.1 Å². The molecular weight excluding hydrogens is 288 g/mol. The fourth-order valence-corrected chi connectivity index (χ4v) is 3.69. The molecule has 4 nitrogen and oxygen atoms in total. The van der Waals surface area contributed by atoms with Crippen molar-refractivity contribution in [3.63, 3.8) is 0 Å². The average Bonchev–Trinajstić information content (AvgIpc) is 2.99. The second-order valence-electron chi connectivity index (χ2n) is 6.44. The van der Waals surface area contributed by atoms with Crippen LogP contribution in [0.4, 0.5) is 0 Å². The maximum atomic E-state index is 12.2. The van der Waals surface area contributed by atoms with E-state index in [4.69, 9.17) is 10.5 Å². The third kappa shape index (κ3) is 3.64. The van der Waals surface area contributed by atoms with Gasteiger partial charge < -0.3 is 10.5 Å². The molecule has 23 heavy (non-hydrogen) atoms. The van der Waals surface area contributed by atoms with Crippen molar-refractivity contribution in [2.45, 2.75) is 13.0 Å². The van der Waals surface area contributed by atoms with Crippen LogP contribution in [0.3, 0.4) is 0 Å². The van der Waals surface area contributed by atoms with E-state index in [2.05, 4.69) is 41.3 Å². The highest BCUT2D eigenvalue weighted by molar-refractivity contribution is 5.73. The highest BCUT2D eigenvalue weighted by Crippen LogP contribution is 2.35. The molecule has 3 rings (SSSR count). The molecule has 1 saturated heterocycles. The number of hydrogen-bond acceptors (Lipinski definition) is 4. The fourth-order valence-electron chi connectivity index (χ4n) is 3.69. The molecule has 0 aromatic heterocycles. The van der Waals surface area contributed by atoms with Gasteiger partial charge in [0.05, 0.1) is 13.0 Å². The first-order chi connectivity index (χ1) is 11.2. The zero-order valence-corrected chi connectivity index (χ0v) is 13.5. The Labute approximate surface area is 137 Å². The number of rotatable bonds is 4. The molecule has 1 aromatic rings. The summed E-state index contributed by atoms with van der Waals surface area (Å²) in [7, 11) is 1.48. The zero-order chi connectivity index (χ0) is 16.2. The lowest BCUT2D eigenvalue weighted by Gasteiger charge is -2.25. The minimum absolute atomic E-state index is 0.0638. The minimum Gasteiger partial charge on any atom is -0.469 e. The van der Waals surface area contributed by atoms with Crippen LogP contribution in [-0.4, -0.2) is 31.1 Å². The summed E-state index contributed by atoms with van der Waals surface area (Å²) in [4.78, 5) is 14.6. The molecule has 122 valence electrons. The number of nitrogens with zero attached hydrogens (tertiary/aromatic N) is 1. The second-order valence-corrected chi connectivity index (χ2v) is 6.44. The summed E-state index contributed by atoms with van der Waals surface area (Å²) in [6, 6.07) is 10.4. The van der Waals surface area contributed by atoms with Crippen molar-refractivity contribution in [2.75, 3.05) is 20.2 Å². The van der Waals surface area contributed by atoms with E-state index in [0.29, 0.717) is 5.92 Å². The van der Waals surface area contributed by atoms with Crippen LogP contribution in [0.2, 0.25) is 0 Å². The second kappa shape index (κ2) is 7.01. The summed E-state index contributed by atoms with van der Waals surface area (Å²) >= 11 is 0. The van der Waals surface area contributed by atoms with Crippen molar-refractivity contribution in [2.24, 2.45) is 23.5 Å². The molecule has 3 atom stereocenters. The van der Waals surface area contributed by atoms with Crippen molar-refractivity contribution in [1.29, 1.82) is 0 Å². The Bertz CT molecular complexity index is 609. The predicted molar refractivity (Wildman–Crippen MR) is 90.2 cm³/mol. The quantitative estimate of drug-likeness (QED) is 0.867. The molecule has 0 radical (unpaired) electrons. The van der Waals surface area contributed by atoms with Gasteiger partial charge in [-0.15, -0.1) is 0 Å². The van der Waals surface area contributed by atoms with Gasteiger partial charge in [0.2, 0.25) is 0 Å². The molecule has 0 spiro atoms. The van der Waals surface area contributed by atoms with Crippen LogP contribution in [0, 0.1) is 17.8 Å². The maximum Gasteiger partial charge on any atom is 0.310 e. The summed E-state index contributed by atoms with van der Waals surface area (Å²) in [6.07, 6.45) is 7.07. The van der Waals surface area contributed by atoms with Crippen molar-refractivity contribution >= 4 is 5.97 Å². The minimum atomic E-state index is -0.0958. The average molecular weight is 312 g/mol. The van der Waals surface area contributed by atoms with Gasteiger partial charge in [-0.1, -0.05) is 42.5 Å². The van der Waals surface area contributed by atoms with Crippen LogP contribution in [0.15, 0.2) is 54.3 Å². The van der Waals surface area contributed by atoms with Crippen LogP contribution in [0.25, 0.3) is 0 Å². The molecule has 1 heterocycles.